The van der Waals surface area contributed by atoms with E-state index in [0.29, 0.717) is 17.9 Å². The van der Waals surface area contributed by atoms with Crippen LogP contribution in [0.1, 0.15) is 16.7 Å². The van der Waals surface area contributed by atoms with Crippen molar-refractivity contribution in [2.45, 2.75) is 13.1 Å². The molecular formula is C14H16N4O. The fourth-order valence-electron chi connectivity index (χ4n) is 1.87. The molecule has 0 spiro atoms. The number of aromatic nitrogens is 2. The standard InChI is InChI=1S/C14H16N4O/c1-18-10-12(9-17-18)8-16-7-11-3-4-14(19-2)13(5-11)6-15/h3-5,9-10,16H,7-8H2,1-2H3. The highest BCUT2D eigenvalue weighted by Crippen LogP contribution is 2.18. The van der Waals surface area contributed by atoms with Crippen LogP contribution in [0.4, 0.5) is 0 Å². The van der Waals surface area contributed by atoms with E-state index in [2.05, 4.69) is 16.5 Å². The molecule has 2 rings (SSSR count). The summed E-state index contributed by atoms with van der Waals surface area (Å²) in [5.41, 5.74) is 2.75. The topological polar surface area (TPSA) is 62.9 Å². The SMILES string of the molecule is COc1ccc(CNCc2cnn(C)c2)cc1C#N. The van der Waals surface area contributed by atoms with Gasteiger partial charge in [-0.25, -0.2) is 0 Å². The summed E-state index contributed by atoms with van der Waals surface area (Å²) in [7, 11) is 3.46. The summed E-state index contributed by atoms with van der Waals surface area (Å²) < 4.78 is 6.89. The second-order valence-corrected chi connectivity index (χ2v) is 4.27. The molecule has 0 bridgehead atoms. The van der Waals surface area contributed by atoms with Crippen LogP contribution in [-0.4, -0.2) is 16.9 Å². The molecule has 0 aliphatic rings. The van der Waals surface area contributed by atoms with E-state index in [-0.39, 0.29) is 0 Å². The molecular weight excluding hydrogens is 240 g/mol. The van der Waals surface area contributed by atoms with Gasteiger partial charge in [0.2, 0.25) is 0 Å². The fraction of sp³-hybridized carbons (Fsp3) is 0.286. The Kier molecular flexibility index (Phi) is 4.16. The highest BCUT2D eigenvalue weighted by Gasteiger charge is 2.03. The summed E-state index contributed by atoms with van der Waals surface area (Å²) in [5, 5.41) is 16.4. The molecule has 19 heavy (non-hydrogen) atoms. The van der Waals surface area contributed by atoms with Gasteiger partial charge in [0, 0.05) is 31.9 Å². The summed E-state index contributed by atoms with van der Waals surface area (Å²) in [5.74, 6) is 0.610. The highest BCUT2D eigenvalue weighted by atomic mass is 16.5. The monoisotopic (exact) mass is 256 g/mol. The number of rotatable bonds is 5. The molecule has 1 N–H and O–H groups in total. The van der Waals surface area contributed by atoms with Crippen molar-refractivity contribution in [2.24, 2.45) is 7.05 Å². The van der Waals surface area contributed by atoms with E-state index in [1.807, 2.05) is 37.6 Å². The Bertz CT molecular complexity index is 598. The number of ether oxygens (including phenoxy) is 1. The largest absolute Gasteiger partial charge is 0.495 e. The van der Waals surface area contributed by atoms with E-state index >= 15 is 0 Å². The van der Waals surface area contributed by atoms with Crippen LogP contribution in [0, 0.1) is 11.3 Å². The van der Waals surface area contributed by atoms with E-state index in [0.717, 1.165) is 17.7 Å². The quantitative estimate of drug-likeness (QED) is 0.882. The second-order valence-electron chi connectivity index (χ2n) is 4.27. The average Bonchev–Trinajstić information content (AvgIpc) is 2.84. The van der Waals surface area contributed by atoms with Gasteiger partial charge < -0.3 is 10.1 Å². The molecule has 0 radical (unpaired) electrons. The number of nitrogens with zero attached hydrogens (tertiary/aromatic N) is 3. The van der Waals surface area contributed by atoms with Gasteiger partial charge in [0.25, 0.3) is 0 Å². The number of hydrogen-bond acceptors (Lipinski definition) is 4. The Morgan fingerprint density at radius 2 is 2.16 bits per heavy atom. The van der Waals surface area contributed by atoms with E-state index in [4.69, 9.17) is 10.00 Å². The first-order chi connectivity index (χ1) is 9.22. The van der Waals surface area contributed by atoms with Gasteiger partial charge in [-0.05, 0) is 17.7 Å². The maximum Gasteiger partial charge on any atom is 0.136 e. The van der Waals surface area contributed by atoms with Gasteiger partial charge in [-0.1, -0.05) is 6.07 Å². The van der Waals surface area contributed by atoms with Crippen LogP contribution in [-0.2, 0) is 20.1 Å². The van der Waals surface area contributed by atoms with Crippen LogP contribution in [0.15, 0.2) is 30.6 Å². The lowest BCUT2D eigenvalue weighted by atomic mass is 10.1. The third kappa shape index (κ3) is 3.33. The zero-order valence-corrected chi connectivity index (χ0v) is 11.1. The van der Waals surface area contributed by atoms with Gasteiger partial charge in [0.1, 0.15) is 11.8 Å². The molecule has 0 saturated carbocycles. The van der Waals surface area contributed by atoms with Crippen molar-refractivity contribution >= 4 is 0 Å². The molecule has 2 aromatic rings. The molecule has 0 fully saturated rings. The first-order valence-corrected chi connectivity index (χ1v) is 5.98. The maximum atomic E-state index is 9.02. The van der Waals surface area contributed by atoms with Gasteiger partial charge >= 0.3 is 0 Å². The Morgan fingerprint density at radius 1 is 1.37 bits per heavy atom. The predicted octanol–water partition coefficient (Wildman–Crippen LogP) is 1.59. The maximum absolute atomic E-state index is 9.02. The highest BCUT2D eigenvalue weighted by molar-refractivity contribution is 5.45. The third-order valence-electron chi connectivity index (χ3n) is 2.80. The minimum absolute atomic E-state index is 0.558. The van der Waals surface area contributed by atoms with Gasteiger partial charge in [-0.2, -0.15) is 10.4 Å². The predicted molar refractivity (Wildman–Crippen MR) is 71.5 cm³/mol. The lowest BCUT2D eigenvalue weighted by molar-refractivity contribution is 0.413. The zero-order valence-electron chi connectivity index (χ0n) is 11.1. The first kappa shape index (κ1) is 13.1. The summed E-state index contributed by atoms with van der Waals surface area (Å²) in [4.78, 5) is 0. The van der Waals surface area contributed by atoms with Crippen molar-refractivity contribution < 1.29 is 4.74 Å². The van der Waals surface area contributed by atoms with Gasteiger partial charge in [0.15, 0.2) is 0 Å². The molecule has 0 atom stereocenters. The number of hydrogen-bond donors (Lipinski definition) is 1. The number of nitriles is 1. The van der Waals surface area contributed by atoms with E-state index < -0.39 is 0 Å². The minimum Gasteiger partial charge on any atom is -0.495 e. The van der Waals surface area contributed by atoms with E-state index in [9.17, 15) is 0 Å². The minimum atomic E-state index is 0.558. The summed E-state index contributed by atoms with van der Waals surface area (Å²) in [6.45, 7) is 1.45. The molecule has 5 heteroatoms. The summed E-state index contributed by atoms with van der Waals surface area (Å²) in [6, 6.07) is 7.75. The molecule has 0 aliphatic heterocycles. The van der Waals surface area contributed by atoms with Crippen molar-refractivity contribution in [3.8, 4) is 11.8 Å². The third-order valence-corrected chi connectivity index (χ3v) is 2.80. The van der Waals surface area contributed by atoms with Gasteiger partial charge in [-0.3, -0.25) is 4.68 Å². The van der Waals surface area contributed by atoms with Crippen molar-refractivity contribution in [2.75, 3.05) is 7.11 Å². The molecule has 1 heterocycles. The average molecular weight is 256 g/mol. The summed E-state index contributed by atoms with van der Waals surface area (Å²) in [6.07, 6.45) is 3.81. The normalized spacial score (nSPS) is 10.2. The van der Waals surface area contributed by atoms with Gasteiger partial charge in [-0.15, -0.1) is 0 Å². The van der Waals surface area contributed by atoms with Crippen LogP contribution in [0.2, 0.25) is 0 Å². The molecule has 0 unspecified atom stereocenters. The van der Waals surface area contributed by atoms with Crippen molar-refractivity contribution in [3.05, 3.63) is 47.3 Å². The van der Waals surface area contributed by atoms with E-state index in [1.165, 1.54) is 0 Å². The lowest BCUT2D eigenvalue weighted by Gasteiger charge is -2.06. The van der Waals surface area contributed by atoms with Crippen LogP contribution in [0.3, 0.4) is 0 Å². The smallest absolute Gasteiger partial charge is 0.136 e. The van der Waals surface area contributed by atoms with Crippen LogP contribution >= 0.6 is 0 Å². The summed E-state index contributed by atoms with van der Waals surface area (Å²) >= 11 is 0. The molecule has 0 saturated heterocycles. The molecule has 98 valence electrons. The number of nitrogens with one attached hydrogen (secondary N) is 1. The van der Waals surface area contributed by atoms with Crippen LogP contribution in [0.25, 0.3) is 0 Å². The van der Waals surface area contributed by atoms with Gasteiger partial charge in [0.05, 0.1) is 18.9 Å². The zero-order chi connectivity index (χ0) is 13.7. The fourth-order valence-corrected chi connectivity index (χ4v) is 1.87. The van der Waals surface area contributed by atoms with Crippen molar-refractivity contribution in [1.82, 2.24) is 15.1 Å². The van der Waals surface area contributed by atoms with Crippen LogP contribution in [0.5, 0.6) is 5.75 Å². The second kappa shape index (κ2) is 6.03. The molecule has 5 nitrogen and oxygen atoms in total. The number of benzene rings is 1. The molecule has 0 amide bonds. The van der Waals surface area contributed by atoms with E-state index in [1.54, 1.807) is 11.8 Å². The van der Waals surface area contributed by atoms with Crippen molar-refractivity contribution in [1.29, 1.82) is 5.26 Å². The molecule has 1 aromatic heterocycles. The lowest BCUT2D eigenvalue weighted by Crippen LogP contribution is -2.12. The van der Waals surface area contributed by atoms with Crippen molar-refractivity contribution in [3.63, 3.8) is 0 Å². The van der Waals surface area contributed by atoms with Crippen LogP contribution < -0.4 is 10.1 Å². The Hall–Kier alpha value is -2.32. The Morgan fingerprint density at radius 3 is 2.79 bits per heavy atom. The Balaban J connectivity index is 1.95. The molecule has 1 aromatic carbocycles. The number of aryl methyl sites for hydroxylation is 1. The first-order valence-electron chi connectivity index (χ1n) is 5.98. The number of methoxy groups -OCH3 is 1. The molecule has 0 aliphatic carbocycles. The Labute approximate surface area is 112 Å².